The van der Waals surface area contributed by atoms with Crippen LogP contribution in [0.25, 0.3) is 0 Å². The Morgan fingerprint density at radius 1 is 1.62 bits per heavy atom. The number of rotatable bonds is 3. The molecule has 0 atom stereocenters. The molecule has 1 rings (SSSR count). The maximum Gasteiger partial charge on any atom is 0.350 e. The zero-order valence-electron chi connectivity index (χ0n) is 8.13. The van der Waals surface area contributed by atoms with Crippen molar-refractivity contribution in [3.8, 4) is 0 Å². The first kappa shape index (κ1) is 11.6. The molecule has 0 bridgehead atoms. The molecule has 1 aromatic rings. The van der Waals surface area contributed by atoms with Crippen molar-refractivity contribution in [2.75, 3.05) is 7.11 Å². The highest BCUT2D eigenvalue weighted by atomic mass is 16.6. The highest BCUT2D eigenvalue weighted by molar-refractivity contribution is 5.68. The molecule has 0 spiro atoms. The van der Waals surface area contributed by atoms with Crippen LogP contribution in [0.1, 0.15) is 0 Å². The number of aromatic amines is 1. The van der Waals surface area contributed by atoms with Crippen LogP contribution in [0, 0.1) is 10.1 Å². The van der Waals surface area contributed by atoms with Gasteiger partial charge in [0.1, 0.15) is 6.54 Å². The number of methoxy groups -OCH3 is 1. The first-order valence-corrected chi connectivity index (χ1v) is 4.00. The van der Waals surface area contributed by atoms with E-state index in [1.807, 2.05) is 0 Å². The number of carbonyl (C=O) groups is 1. The zero-order chi connectivity index (χ0) is 12.3. The molecule has 0 radical (unpaired) electrons. The fourth-order valence-electron chi connectivity index (χ4n) is 0.949. The minimum Gasteiger partial charge on any atom is -0.468 e. The number of nitrogens with zero attached hydrogens (tertiary/aromatic N) is 2. The van der Waals surface area contributed by atoms with Crippen LogP contribution in [-0.4, -0.2) is 27.6 Å². The van der Waals surface area contributed by atoms with Gasteiger partial charge in [-0.3, -0.25) is 29.3 Å². The van der Waals surface area contributed by atoms with Gasteiger partial charge in [0.15, 0.2) is 0 Å². The van der Waals surface area contributed by atoms with Gasteiger partial charge in [-0.25, -0.2) is 4.79 Å². The number of H-pyrrole nitrogens is 1. The van der Waals surface area contributed by atoms with Crippen molar-refractivity contribution in [2.45, 2.75) is 6.54 Å². The lowest BCUT2D eigenvalue weighted by atomic mass is 10.5. The van der Waals surface area contributed by atoms with Crippen LogP contribution in [0.15, 0.2) is 15.8 Å². The minimum absolute atomic E-state index is 0.507. The third-order valence-electron chi connectivity index (χ3n) is 1.72. The Morgan fingerprint density at radius 3 is 2.75 bits per heavy atom. The van der Waals surface area contributed by atoms with Crippen LogP contribution in [0.2, 0.25) is 0 Å². The summed E-state index contributed by atoms with van der Waals surface area (Å²) in [5, 5.41) is 10.4. The van der Waals surface area contributed by atoms with Crippen molar-refractivity contribution in [3.05, 3.63) is 37.1 Å². The lowest BCUT2D eigenvalue weighted by molar-refractivity contribution is -0.386. The second kappa shape index (κ2) is 4.38. The predicted molar refractivity (Wildman–Crippen MR) is 50.0 cm³/mol. The Hall–Kier alpha value is -2.45. The molecule has 16 heavy (non-hydrogen) atoms. The summed E-state index contributed by atoms with van der Waals surface area (Å²) in [5.41, 5.74) is -2.85. The molecule has 9 heteroatoms. The molecule has 1 heterocycles. The lowest BCUT2D eigenvalue weighted by Crippen LogP contribution is -2.32. The van der Waals surface area contributed by atoms with Crippen LogP contribution in [0.4, 0.5) is 5.69 Å². The molecule has 86 valence electrons. The van der Waals surface area contributed by atoms with Gasteiger partial charge in [0.05, 0.1) is 18.2 Å². The molecule has 0 aliphatic carbocycles. The van der Waals surface area contributed by atoms with Crippen molar-refractivity contribution in [1.82, 2.24) is 9.55 Å². The van der Waals surface area contributed by atoms with E-state index in [2.05, 4.69) is 4.74 Å². The smallest absolute Gasteiger partial charge is 0.350 e. The SMILES string of the molecule is COC(=O)Cn1cc([N+](=O)[O-])c(=O)[nH]c1=O. The number of carbonyl (C=O) groups excluding carboxylic acids is 1. The molecule has 0 amide bonds. The lowest BCUT2D eigenvalue weighted by Gasteiger charge is -2.02. The topological polar surface area (TPSA) is 124 Å². The van der Waals surface area contributed by atoms with Crippen molar-refractivity contribution in [2.24, 2.45) is 0 Å². The van der Waals surface area contributed by atoms with Gasteiger partial charge in [-0.1, -0.05) is 0 Å². The fraction of sp³-hybridized carbons (Fsp3) is 0.286. The molecule has 0 unspecified atom stereocenters. The molecule has 0 aliphatic heterocycles. The van der Waals surface area contributed by atoms with Crippen LogP contribution < -0.4 is 11.2 Å². The molecule has 1 aromatic heterocycles. The van der Waals surface area contributed by atoms with Gasteiger partial charge in [0.25, 0.3) is 0 Å². The molecule has 0 saturated carbocycles. The normalized spacial score (nSPS) is 9.81. The number of ether oxygens (including phenoxy) is 1. The molecular weight excluding hydrogens is 222 g/mol. The van der Waals surface area contributed by atoms with E-state index in [0.29, 0.717) is 10.8 Å². The van der Waals surface area contributed by atoms with E-state index in [0.717, 1.165) is 7.11 Å². The summed E-state index contributed by atoms with van der Waals surface area (Å²) in [4.78, 5) is 44.1. The van der Waals surface area contributed by atoms with E-state index >= 15 is 0 Å². The number of nitro groups is 1. The number of hydrogen-bond donors (Lipinski definition) is 1. The molecule has 0 saturated heterocycles. The highest BCUT2D eigenvalue weighted by Gasteiger charge is 2.16. The van der Waals surface area contributed by atoms with Crippen molar-refractivity contribution >= 4 is 11.7 Å². The number of hydrogen-bond acceptors (Lipinski definition) is 6. The molecule has 0 fully saturated rings. The quantitative estimate of drug-likeness (QED) is 0.386. The zero-order valence-corrected chi connectivity index (χ0v) is 8.13. The van der Waals surface area contributed by atoms with E-state index in [9.17, 15) is 24.5 Å². The number of esters is 1. The van der Waals surface area contributed by atoms with Gasteiger partial charge in [0.2, 0.25) is 0 Å². The van der Waals surface area contributed by atoms with E-state index in [1.54, 1.807) is 4.98 Å². The Morgan fingerprint density at radius 2 is 2.25 bits per heavy atom. The number of nitrogens with one attached hydrogen (secondary N) is 1. The first-order valence-electron chi connectivity index (χ1n) is 4.00. The maximum absolute atomic E-state index is 11.1. The summed E-state index contributed by atoms with van der Waals surface area (Å²) in [5.74, 6) is -0.761. The largest absolute Gasteiger partial charge is 0.468 e. The van der Waals surface area contributed by atoms with Gasteiger partial charge >= 0.3 is 22.9 Å². The second-order valence-electron chi connectivity index (χ2n) is 2.73. The Balaban J connectivity index is 3.25. The van der Waals surface area contributed by atoms with Gasteiger partial charge in [-0.2, -0.15) is 0 Å². The third-order valence-corrected chi connectivity index (χ3v) is 1.72. The molecule has 9 nitrogen and oxygen atoms in total. The molecular formula is C7H7N3O6. The summed E-state index contributed by atoms with van der Waals surface area (Å²) in [6.45, 7) is -0.507. The molecule has 0 aliphatic rings. The minimum atomic E-state index is -1.11. The Labute approximate surface area is 87.4 Å². The standard InChI is InChI=1S/C7H7N3O6/c1-16-5(11)3-9-2-4(10(14)15)6(12)8-7(9)13/h2H,3H2,1H3,(H,8,12,13). The van der Waals surface area contributed by atoms with Gasteiger partial charge in [-0.05, 0) is 0 Å². The molecule has 0 aromatic carbocycles. The average Bonchev–Trinajstić information content (AvgIpc) is 2.21. The van der Waals surface area contributed by atoms with Crippen molar-refractivity contribution in [1.29, 1.82) is 0 Å². The van der Waals surface area contributed by atoms with E-state index in [4.69, 9.17) is 0 Å². The van der Waals surface area contributed by atoms with E-state index in [-0.39, 0.29) is 0 Å². The fourth-order valence-corrected chi connectivity index (χ4v) is 0.949. The third kappa shape index (κ3) is 2.32. The highest BCUT2D eigenvalue weighted by Crippen LogP contribution is 1.98. The van der Waals surface area contributed by atoms with Crippen LogP contribution in [0.3, 0.4) is 0 Å². The van der Waals surface area contributed by atoms with Gasteiger partial charge in [-0.15, -0.1) is 0 Å². The summed E-state index contributed by atoms with van der Waals surface area (Å²) >= 11 is 0. The summed E-state index contributed by atoms with van der Waals surface area (Å²) in [6, 6.07) is 0. The van der Waals surface area contributed by atoms with Gasteiger partial charge < -0.3 is 4.74 Å². The summed E-state index contributed by atoms with van der Waals surface area (Å²) < 4.78 is 4.97. The van der Waals surface area contributed by atoms with Crippen LogP contribution in [0.5, 0.6) is 0 Å². The predicted octanol–water partition coefficient (Wildman–Crippen LogP) is -1.38. The van der Waals surface area contributed by atoms with Crippen molar-refractivity contribution in [3.63, 3.8) is 0 Å². The van der Waals surface area contributed by atoms with E-state index in [1.165, 1.54) is 0 Å². The average molecular weight is 229 g/mol. The number of aromatic nitrogens is 2. The van der Waals surface area contributed by atoms with Crippen molar-refractivity contribution < 1.29 is 14.5 Å². The van der Waals surface area contributed by atoms with Gasteiger partial charge in [0, 0.05) is 0 Å². The summed E-state index contributed by atoms with van der Waals surface area (Å²) in [7, 11) is 1.10. The molecule has 1 N–H and O–H groups in total. The maximum atomic E-state index is 11.1. The van der Waals surface area contributed by atoms with E-state index < -0.39 is 34.4 Å². The Kier molecular flexibility index (Phi) is 3.18. The first-order chi connectivity index (χ1) is 7.45. The van der Waals surface area contributed by atoms with Crippen LogP contribution in [-0.2, 0) is 16.1 Å². The van der Waals surface area contributed by atoms with Crippen LogP contribution >= 0.6 is 0 Å². The summed E-state index contributed by atoms with van der Waals surface area (Å²) in [6.07, 6.45) is 0.693. The Bertz CT molecular complexity index is 542. The second-order valence-corrected chi connectivity index (χ2v) is 2.73. The monoisotopic (exact) mass is 229 g/mol.